The number of hydrogen-bond donors (Lipinski definition) is 1. The normalized spacial score (nSPS) is 17.4. The summed E-state index contributed by atoms with van der Waals surface area (Å²) >= 11 is 0. The molecule has 0 spiro atoms. The van der Waals surface area contributed by atoms with Gasteiger partial charge in [-0.3, -0.25) is 0 Å². The fourth-order valence-corrected chi connectivity index (χ4v) is 3.07. The molecule has 21 heavy (non-hydrogen) atoms. The molecule has 1 aliphatic rings. The summed E-state index contributed by atoms with van der Waals surface area (Å²) in [6.45, 7) is 0.823. The lowest BCUT2D eigenvalue weighted by Crippen LogP contribution is -2.13. The van der Waals surface area contributed by atoms with Crippen LogP contribution in [0.4, 0.5) is 5.69 Å². The molecule has 0 heterocycles. The van der Waals surface area contributed by atoms with Crippen molar-refractivity contribution in [1.82, 2.24) is 0 Å². The molecule has 0 aliphatic heterocycles. The van der Waals surface area contributed by atoms with Gasteiger partial charge >= 0.3 is 0 Å². The summed E-state index contributed by atoms with van der Waals surface area (Å²) in [5.41, 5.74) is 10.7. The van der Waals surface area contributed by atoms with Crippen LogP contribution >= 0.6 is 0 Å². The van der Waals surface area contributed by atoms with Crippen molar-refractivity contribution in [3.05, 3.63) is 65.2 Å². The number of ether oxygens (including phenoxy) is 1. The Morgan fingerprint density at radius 3 is 2.71 bits per heavy atom. The number of benzene rings is 2. The molecule has 0 amide bonds. The van der Waals surface area contributed by atoms with Gasteiger partial charge in [0.1, 0.15) is 0 Å². The summed E-state index contributed by atoms with van der Waals surface area (Å²) in [7, 11) is 0. The fraction of sp³-hybridized carbons (Fsp3) is 0.368. The van der Waals surface area contributed by atoms with Gasteiger partial charge in [-0.1, -0.05) is 36.4 Å². The van der Waals surface area contributed by atoms with Gasteiger partial charge in [0, 0.05) is 12.3 Å². The minimum absolute atomic E-state index is 0.293. The van der Waals surface area contributed by atoms with Gasteiger partial charge in [-0.15, -0.1) is 0 Å². The van der Waals surface area contributed by atoms with Crippen molar-refractivity contribution >= 4 is 5.69 Å². The number of aryl methyl sites for hydroxylation is 2. The first-order valence-corrected chi connectivity index (χ1v) is 7.87. The Kier molecular flexibility index (Phi) is 4.56. The minimum atomic E-state index is 0.293. The van der Waals surface area contributed by atoms with Crippen LogP contribution < -0.4 is 5.73 Å². The van der Waals surface area contributed by atoms with E-state index in [1.54, 1.807) is 0 Å². The lowest BCUT2D eigenvalue weighted by molar-refractivity contribution is 0.0394. The van der Waals surface area contributed by atoms with Gasteiger partial charge in [-0.2, -0.15) is 0 Å². The molecule has 2 N–H and O–H groups in total. The molecule has 0 fully saturated rings. The number of rotatable bonds is 5. The maximum atomic E-state index is 6.13. The molecule has 1 atom stereocenters. The lowest BCUT2D eigenvalue weighted by Gasteiger charge is -2.25. The van der Waals surface area contributed by atoms with E-state index in [4.69, 9.17) is 10.5 Å². The molecule has 0 radical (unpaired) electrons. The molecule has 2 nitrogen and oxygen atoms in total. The van der Waals surface area contributed by atoms with Crippen LogP contribution in [0.2, 0.25) is 0 Å². The van der Waals surface area contributed by atoms with Crippen molar-refractivity contribution in [3.8, 4) is 0 Å². The Labute approximate surface area is 126 Å². The predicted octanol–water partition coefficient (Wildman–Crippen LogP) is 4.30. The standard InChI is InChI=1S/C19H23NO/c20-17-12-10-15(11-13-17)5-4-14-21-19-9-3-7-16-6-1-2-8-18(16)19/h1-2,6,8,10-13,19H,3-5,7,9,14,20H2. The molecule has 0 saturated carbocycles. The van der Waals surface area contributed by atoms with E-state index in [0.717, 1.165) is 31.6 Å². The fourth-order valence-electron chi connectivity index (χ4n) is 3.07. The van der Waals surface area contributed by atoms with Crippen LogP contribution in [0, 0.1) is 0 Å². The van der Waals surface area contributed by atoms with Crippen molar-refractivity contribution in [2.75, 3.05) is 12.3 Å². The van der Waals surface area contributed by atoms with Gasteiger partial charge in [0.05, 0.1) is 6.10 Å². The average Bonchev–Trinajstić information content (AvgIpc) is 2.53. The Morgan fingerprint density at radius 1 is 1.05 bits per heavy atom. The van der Waals surface area contributed by atoms with E-state index < -0.39 is 0 Å². The second-order valence-electron chi connectivity index (χ2n) is 5.80. The van der Waals surface area contributed by atoms with E-state index in [9.17, 15) is 0 Å². The van der Waals surface area contributed by atoms with E-state index in [1.165, 1.54) is 29.5 Å². The first-order chi connectivity index (χ1) is 10.3. The molecule has 2 aromatic carbocycles. The second-order valence-corrected chi connectivity index (χ2v) is 5.80. The average molecular weight is 281 g/mol. The van der Waals surface area contributed by atoms with Crippen LogP contribution in [0.3, 0.4) is 0 Å². The Morgan fingerprint density at radius 2 is 1.86 bits per heavy atom. The van der Waals surface area contributed by atoms with Gasteiger partial charge in [0.15, 0.2) is 0 Å². The van der Waals surface area contributed by atoms with Crippen LogP contribution in [0.25, 0.3) is 0 Å². The van der Waals surface area contributed by atoms with E-state index >= 15 is 0 Å². The Balaban J connectivity index is 1.49. The van der Waals surface area contributed by atoms with E-state index in [1.807, 2.05) is 12.1 Å². The molecular weight excluding hydrogens is 258 g/mol. The molecule has 110 valence electrons. The summed E-state index contributed by atoms with van der Waals surface area (Å²) in [5, 5.41) is 0. The highest BCUT2D eigenvalue weighted by Crippen LogP contribution is 2.32. The van der Waals surface area contributed by atoms with Crippen LogP contribution in [0.1, 0.15) is 42.1 Å². The number of nitrogens with two attached hydrogens (primary N) is 1. The Hall–Kier alpha value is -1.80. The van der Waals surface area contributed by atoms with Gasteiger partial charge in [0.2, 0.25) is 0 Å². The maximum Gasteiger partial charge on any atom is 0.0827 e. The predicted molar refractivity (Wildman–Crippen MR) is 87.2 cm³/mol. The first kappa shape index (κ1) is 14.2. The molecule has 0 aromatic heterocycles. The van der Waals surface area contributed by atoms with E-state index in [2.05, 4.69) is 36.4 Å². The summed E-state index contributed by atoms with van der Waals surface area (Å²) < 4.78 is 6.13. The third-order valence-corrected chi connectivity index (χ3v) is 4.22. The summed E-state index contributed by atoms with van der Waals surface area (Å²) in [6.07, 6.45) is 5.98. The van der Waals surface area contributed by atoms with Gasteiger partial charge in [-0.05, 0) is 60.9 Å². The monoisotopic (exact) mass is 281 g/mol. The molecule has 3 rings (SSSR count). The highest BCUT2D eigenvalue weighted by atomic mass is 16.5. The van der Waals surface area contributed by atoms with E-state index in [-0.39, 0.29) is 0 Å². The minimum Gasteiger partial charge on any atom is -0.399 e. The van der Waals surface area contributed by atoms with Crippen molar-refractivity contribution < 1.29 is 4.74 Å². The first-order valence-electron chi connectivity index (χ1n) is 7.87. The molecule has 2 heteroatoms. The highest BCUT2D eigenvalue weighted by molar-refractivity contribution is 5.39. The van der Waals surface area contributed by atoms with Crippen molar-refractivity contribution in [3.63, 3.8) is 0 Å². The Bertz CT molecular complexity index is 576. The van der Waals surface area contributed by atoms with Crippen LogP contribution in [-0.4, -0.2) is 6.61 Å². The lowest BCUT2D eigenvalue weighted by atomic mass is 9.89. The summed E-state index contributed by atoms with van der Waals surface area (Å²) in [5.74, 6) is 0. The third-order valence-electron chi connectivity index (χ3n) is 4.22. The molecule has 2 aromatic rings. The van der Waals surface area contributed by atoms with Gasteiger partial charge < -0.3 is 10.5 Å². The third kappa shape index (κ3) is 3.64. The van der Waals surface area contributed by atoms with Gasteiger partial charge in [-0.25, -0.2) is 0 Å². The highest BCUT2D eigenvalue weighted by Gasteiger charge is 2.19. The molecule has 0 saturated heterocycles. The summed E-state index contributed by atoms with van der Waals surface area (Å²) in [6, 6.07) is 16.8. The topological polar surface area (TPSA) is 35.2 Å². The van der Waals surface area contributed by atoms with Crippen LogP contribution in [-0.2, 0) is 17.6 Å². The largest absolute Gasteiger partial charge is 0.399 e. The van der Waals surface area contributed by atoms with Crippen molar-refractivity contribution in [2.24, 2.45) is 0 Å². The SMILES string of the molecule is Nc1ccc(CCCOC2CCCc3ccccc32)cc1. The molecule has 1 unspecified atom stereocenters. The van der Waals surface area contributed by atoms with Crippen molar-refractivity contribution in [2.45, 2.75) is 38.2 Å². The van der Waals surface area contributed by atoms with Crippen molar-refractivity contribution in [1.29, 1.82) is 0 Å². The zero-order chi connectivity index (χ0) is 14.5. The van der Waals surface area contributed by atoms with Crippen LogP contribution in [0.5, 0.6) is 0 Å². The number of fused-ring (bicyclic) bond motifs is 1. The molecular formula is C19H23NO. The van der Waals surface area contributed by atoms with Gasteiger partial charge in [0.25, 0.3) is 0 Å². The zero-order valence-corrected chi connectivity index (χ0v) is 12.4. The zero-order valence-electron chi connectivity index (χ0n) is 12.4. The molecule has 0 bridgehead atoms. The number of nitrogen functional groups attached to an aromatic ring is 1. The second kappa shape index (κ2) is 6.77. The number of anilines is 1. The molecule has 1 aliphatic carbocycles. The number of hydrogen-bond acceptors (Lipinski definition) is 2. The summed E-state index contributed by atoms with van der Waals surface area (Å²) in [4.78, 5) is 0. The smallest absolute Gasteiger partial charge is 0.0827 e. The maximum absolute atomic E-state index is 6.13. The van der Waals surface area contributed by atoms with Crippen LogP contribution in [0.15, 0.2) is 48.5 Å². The quantitative estimate of drug-likeness (QED) is 0.655. The van der Waals surface area contributed by atoms with E-state index in [0.29, 0.717) is 6.10 Å².